The fourth-order valence-corrected chi connectivity index (χ4v) is 2.01. The lowest BCUT2D eigenvalue weighted by atomic mass is 10.0. The first kappa shape index (κ1) is 10.5. The zero-order chi connectivity index (χ0) is 12.4. The molecule has 86 valence electrons. The highest BCUT2D eigenvalue weighted by Gasteiger charge is 2.10. The van der Waals surface area contributed by atoms with Gasteiger partial charge in [-0.25, -0.2) is 0 Å². The Bertz CT molecular complexity index is 737. The van der Waals surface area contributed by atoms with Crippen LogP contribution in [0.2, 0.25) is 0 Å². The largest absolute Gasteiger partial charge is 0.355 e. The molecule has 18 heavy (non-hydrogen) atoms. The van der Waals surface area contributed by atoms with Crippen LogP contribution in [0.25, 0.3) is 22.2 Å². The highest BCUT2D eigenvalue weighted by atomic mass is 16.5. The molecule has 0 radical (unpaired) electrons. The van der Waals surface area contributed by atoms with Crippen molar-refractivity contribution in [2.75, 3.05) is 0 Å². The maximum atomic E-state index is 8.73. The Labute approximate surface area is 104 Å². The van der Waals surface area contributed by atoms with Crippen LogP contribution in [0.4, 0.5) is 0 Å². The Morgan fingerprint density at radius 1 is 1.11 bits per heavy atom. The molecule has 0 amide bonds. The summed E-state index contributed by atoms with van der Waals surface area (Å²) in [7, 11) is 0. The summed E-state index contributed by atoms with van der Waals surface area (Å²) in [6.45, 7) is 0. The van der Waals surface area contributed by atoms with E-state index in [1.54, 1.807) is 0 Å². The summed E-state index contributed by atoms with van der Waals surface area (Å²) >= 11 is 0. The number of rotatable bonds is 2. The molecule has 0 saturated heterocycles. The van der Waals surface area contributed by atoms with Crippen LogP contribution in [-0.4, -0.2) is 5.16 Å². The maximum Gasteiger partial charge on any atom is 0.174 e. The molecule has 0 bridgehead atoms. The number of fused-ring (bicyclic) bond motifs is 1. The highest BCUT2D eigenvalue weighted by Crippen LogP contribution is 2.28. The molecule has 3 nitrogen and oxygen atoms in total. The van der Waals surface area contributed by atoms with Crippen LogP contribution in [0.15, 0.2) is 53.1 Å². The maximum absolute atomic E-state index is 8.73. The van der Waals surface area contributed by atoms with Gasteiger partial charge >= 0.3 is 0 Å². The summed E-state index contributed by atoms with van der Waals surface area (Å²) in [5.74, 6) is 0.755. The Kier molecular flexibility index (Phi) is 2.54. The molecular formula is C15H10N2O. The number of nitrogens with zero attached hydrogens (tertiary/aromatic N) is 2. The predicted molar refractivity (Wildman–Crippen MR) is 68.8 cm³/mol. The highest BCUT2D eigenvalue weighted by molar-refractivity contribution is 5.91. The van der Waals surface area contributed by atoms with Crippen LogP contribution >= 0.6 is 0 Å². The topological polar surface area (TPSA) is 49.8 Å². The molecule has 0 N–H and O–H groups in total. The van der Waals surface area contributed by atoms with E-state index in [4.69, 9.17) is 9.78 Å². The van der Waals surface area contributed by atoms with Crippen molar-refractivity contribution in [1.29, 1.82) is 5.26 Å². The molecule has 0 aliphatic rings. The van der Waals surface area contributed by atoms with Crippen molar-refractivity contribution in [3.63, 3.8) is 0 Å². The van der Waals surface area contributed by atoms with E-state index in [0.29, 0.717) is 6.42 Å². The second-order valence-corrected chi connectivity index (χ2v) is 4.06. The van der Waals surface area contributed by atoms with E-state index in [1.807, 2.05) is 48.5 Å². The van der Waals surface area contributed by atoms with E-state index in [-0.39, 0.29) is 0 Å². The van der Waals surface area contributed by atoms with Crippen molar-refractivity contribution >= 4 is 10.9 Å². The minimum atomic E-state index is 0.403. The minimum absolute atomic E-state index is 0.403. The quantitative estimate of drug-likeness (QED) is 0.681. The van der Waals surface area contributed by atoms with E-state index in [9.17, 15) is 0 Å². The Hall–Kier alpha value is -2.60. The summed E-state index contributed by atoms with van der Waals surface area (Å²) in [6.07, 6.45) is 0.403. The van der Waals surface area contributed by atoms with Crippen LogP contribution in [0.1, 0.15) is 5.56 Å². The average Bonchev–Trinajstić information content (AvgIpc) is 2.83. The van der Waals surface area contributed by atoms with Gasteiger partial charge in [0.05, 0.1) is 12.5 Å². The molecular weight excluding hydrogens is 224 g/mol. The molecule has 0 spiro atoms. The molecule has 0 unspecified atom stereocenters. The first-order valence-corrected chi connectivity index (χ1v) is 5.69. The van der Waals surface area contributed by atoms with Crippen molar-refractivity contribution in [1.82, 2.24) is 5.16 Å². The fourth-order valence-electron chi connectivity index (χ4n) is 2.01. The van der Waals surface area contributed by atoms with Gasteiger partial charge in [-0.1, -0.05) is 35.5 Å². The van der Waals surface area contributed by atoms with Gasteiger partial charge in [-0.05, 0) is 23.8 Å². The first-order chi connectivity index (χ1) is 8.88. The van der Waals surface area contributed by atoms with E-state index in [1.165, 1.54) is 0 Å². The van der Waals surface area contributed by atoms with Crippen LogP contribution in [0.5, 0.6) is 0 Å². The molecule has 3 heteroatoms. The Morgan fingerprint density at radius 3 is 2.89 bits per heavy atom. The van der Waals surface area contributed by atoms with E-state index in [0.717, 1.165) is 27.8 Å². The number of benzene rings is 2. The van der Waals surface area contributed by atoms with E-state index >= 15 is 0 Å². The summed E-state index contributed by atoms with van der Waals surface area (Å²) in [6, 6.07) is 17.7. The fraction of sp³-hybridized carbons (Fsp3) is 0.0667. The van der Waals surface area contributed by atoms with Gasteiger partial charge in [0.25, 0.3) is 0 Å². The summed E-state index contributed by atoms with van der Waals surface area (Å²) in [5.41, 5.74) is 2.78. The van der Waals surface area contributed by atoms with Gasteiger partial charge < -0.3 is 4.52 Å². The van der Waals surface area contributed by atoms with Crippen molar-refractivity contribution in [2.24, 2.45) is 0 Å². The van der Waals surface area contributed by atoms with E-state index in [2.05, 4.69) is 11.2 Å². The van der Waals surface area contributed by atoms with Gasteiger partial charge in [-0.15, -0.1) is 0 Å². The third-order valence-electron chi connectivity index (χ3n) is 2.86. The Balaban J connectivity index is 2.15. The van der Waals surface area contributed by atoms with Gasteiger partial charge in [0.2, 0.25) is 0 Å². The standard InChI is InChI=1S/C15H10N2O/c16-9-8-11-4-3-5-12(10-11)15-13-6-1-2-7-14(13)17-18-15/h1-7,10H,8H2. The van der Waals surface area contributed by atoms with Crippen molar-refractivity contribution in [3.05, 3.63) is 54.1 Å². The summed E-state index contributed by atoms with van der Waals surface area (Å²) in [4.78, 5) is 0. The monoisotopic (exact) mass is 234 g/mol. The van der Waals surface area contributed by atoms with Gasteiger partial charge in [-0.3, -0.25) is 0 Å². The van der Waals surface area contributed by atoms with Crippen LogP contribution < -0.4 is 0 Å². The lowest BCUT2D eigenvalue weighted by Crippen LogP contribution is -1.82. The number of hydrogen-bond donors (Lipinski definition) is 0. The van der Waals surface area contributed by atoms with Gasteiger partial charge in [0.1, 0.15) is 5.52 Å². The van der Waals surface area contributed by atoms with Crippen molar-refractivity contribution < 1.29 is 4.52 Å². The third kappa shape index (κ3) is 1.74. The van der Waals surface area contributed by atoms with Crippen LogP contribution in [0, 0.1) is 11.3 Å². The number of hydrogen-bond acceptors (Lipinski definition) is 3. The normalized spacial score (nSPS) is 10.4. The number of nitriles is 1. The second kappa shape index (κ2) is 4.34. The first-order valence-electron chi connectivity index (χ1n) is 5.69. The molecule has 0 saturated carbocycles. The number of aromatic nitrogens is 1. The lowest BCUT2D eigenvalue weighted by molar-refractivity contribution is 0.441. The third-order valence-corrected chi connectivity index (χ3v) is 2.86. The minimum Gasteiger partial charge on any atom is -0.355 e. The molecule has 1 heterocycles. The van der Waals surface area contributed by atoms with Crippen LogP contribution in [-0.2, 0) is 6.42 Å². The molecule has 0 atom stereocenters. The van der Waals surface area contributed by atoms with Gasteiger partial charge in [0, 0.05) is 10.9 Å². The molecule has 1 aromatic heterocycles. The van der Waals surface area contributed by atoms with Crippen molar-refractivity contribution in [3.8, 4) is 17.4 Å². The van der Waals surface area contributed by atoms with Crippen LogP contribution in [0.3, 0.4) is 0 Å². The summed E-state index contributed by atoms with van der Waals surface area (Å²) in [5, 5.41) is 13.8. The van der Waals surface area contributed by atoms with Gasteiger partial charge in [0.15, 0.2) is 5.76 Å². The molecule has 0 aliphatic heterocycles. The predicted octanol–water partition coefficient (Wildman–Crippen LogP) is 3.56. The molecule has 3 rings (SSSR count). The second-order valence-electron chi connectivity index (χ2n) is 4.06. The molecule has 0 aliphatic carbocycles. The molecule has 0 fully saturated rings. The van der Waals surface area contributed by atoms with Crippen molar-refractivity contribution in [2.45, 2.75) is 6.42 Å². The zero-order valence-corrected chi connectivity index (χ0v) is 9.63. The summed E-state index contributed by atoms with van der Waals surface area (Å²) < 4.78 is 5.40. The zero-order valence-electron chi connectivity index (χ0n) is 9.63. The molecule has 3 aromatic rings. The lowest BCUT2D eigenvalue weighted by Gasteiger charge is -1.99. The molecule has 2 aromatic carbocycles. The van der Waals surface area contributed by atoms with Gasteiger partial charge in [-0.2, -0.15) is 5.26 Å². The Morgan fingerprint density at radius 2 is 2.00 bits per heavy atom. The average molecular weight is 234 g/mol. The SMILES string of the molecule is N#CCc1cccc(-c2onc3ccccc23)c1. The smallest absolute Gasteiger partial charge is 0.174 e. The van der Waals surface area contributed by atoms with E-state index < -0.39 is 0 Å².